The van der Waals surface area contributed by atoms with Crippen LogP contribution in [0, 0.1) is 6.92 Å². The lowest BCUT2D eigenvalue weighted by molar-refractivity contribution is -0.136. The van der Waals surface area contributed by atoms with Gasteiger partial charge in [-0.05, 0) is 6.92 Å². The summed E-state index contributed by atoms with van der Waals surface area (Å²) in [7, 11) is 1.51. The number of carbonyl (C=O) groups excluding carboxylic acids is 2. The topological polar surface area (TPSA) is 63.2 Å². The van der Waals surface area contributed by atoms with Crippen LogP contribution in [-0.4, -0.2) is 39.2 Å². The van der Waals surface area contributed by atoms with Crippen molar-refractivity contribution in [1.82, 2.24) is 15.1 Å². The van der Waals surface area contributed by atoms with E-state index in [-0.39, 0.29) is 23.5 Å². The van der Waals surface area contributed by atoms with Gasteiger partial charge in [-0.1, -0.05) is 23.1 Å². The molecule has 1 aliphatic heterocycles. The highest BCUT2D eigenvalue weighted by Crippen LogP contribution is 2.32. The minimum absolute atomic E-state index is 0.126. The largest absolute Gasteiger partial charge is 0.285 e. The minimum atomic E-state index is -0.324. The van der Waals surface area contributed by atoms with Crippen molar-refractivity contribution < 1.29 is 9.59 Å². The fourth-order valence-corrected chi connectivity index (χ4v) is 3.40. The van der Waals surface area contributed by atoms with Gasteiger partial charge in [0.1, 0.15) is 5.01 Å². The normalized spacial score (nSPS) is 21.5. The molecule has 0 N–H and O–H groups in total. The third-order valence-corrected chi connectivity index (χ3v) is 4.20. The summed E-state index contributed by atoms with van der Waals surface area (Å²) in [5.74, 6) is -0.267. The molecule has 1 fully saturated rings. The maximum Gasteiger partial charge on any atom is 0.243 e. The molecule has 0 spiro atoms. The fourth-order valence-electron chi connectivity index (χ4n) is 1.26. The van der Waals surface area contributed by atoms with E-state index in [4.69, 9.17) is 0 Å². The number of aryl methyl sites for hydroxylation is 1. The molecule has 1 unspecified atom stereocenters. The molecular weight excluding hydrogens is 234 g/mol. The van der Waals surface area contributed by atoms with Gasteiger partial charge in [0.2, 0.25) is 11.8 Å². The monoisotopic (exact) mass is 243 g/mol. The Morgan fingerprint density at radius 2 is 2.20 bits per heavy atom. The van der Waals surface area contributed by atoms with Crippen LogP contribution in [0.2, 0.25) is 0 Å². The lowest BCUT2D eigenvalue weighted by Crippen LogP contribution is -2.26. The first-order valence-electron chi connectivity index (χ1n) is 4.35. The molecule has 80 valence electrons. The second-order valence-corrected chi connectivity index (χ2v) is 5.82. The molecule has 0 saturated carbocycles. The maximum absolute atomic E-state index is 11.6. The smallest absolute Gasteiger partial charge is 0.243 e. The number of hydrogen-bond donors (Lipinski definition) is 0. The SMILES string of the molecule is Cc1nnc(SC2CC(=O)N(C)C2=O)s1. The molecule has 0 radical (unpaired) electrons. The van der Waals surface area contributed by atoms with Crippen LogP contribution in [0.5, 0.6) is 0 Å². The Balaban J connectivity index is 2.08. The first kappa shape index (κ1) is 10.6. The van der Waals surface area contributed by atoms with E-state index in [0.717, 1.165) is 9.35 Å². The van der Waals surface area contributed by atoms with Crippen LogP contribution in [0.15, 0.2) is 4.34 Å². The summed E-state index contributed by atoms with van der Waals surface area (Å²) in [6.07, 6.45) is 0.263. The van der Waals surface area contributed by atoms with Crippen molar-refractivity contribution in [2.75, 3.05) is 7.05 Å². The zero-order valence-electron chi connectivity index (χ0n) is 8.26. The van der Waals surface area contributed by atoms with Crippen molar-refractivity contribution in [1.29, 1.82) is 0 Å². The first-order valence-corrected chi connectivity index (χ1v) is 6.04. The molecule has 1 saturated heterocycles. The highest BCUT2D eigenvalue weighted by Gasteiger charge is 2.37. The summed E-state index contributed by atoms with van der Waals surface area (Å²) in [6.45, 7) is 1.86. The molecule has 15 heavy (non-hydrogen) atoms. The number of aromatic nitrogens is 2. The molecule has 2 rings (SSSR count). The third-order valence-electron chi connectivity index (χ3n) is 2.09. The van der Waals surface area contributed by atoms with E-state index in [1.165, 1.54) is 35.0 Å². The Hall–Kier alpha value is -0.950. The second kappa shape index (κ2) is 3.90. The number of thioether (sulfide) groups is 1. The van der Waals surface area contributed by atoms with Crippen LogP contribution < -0.4 is 0 Å². The predicted octanol–water partition coefficient (Wildman–Crippen LogP) is 0.696. The Kier molecular flexibility index (Phi) is 2.74. The zero-order valence-corrected chi connectivity index (χ0v) is 9.89. The van der Waals surface area contributed by atoms with Crippen molar-refractivity contribution in [2.24, 2.45) is 0 Å². The molecule has 1 aliphatic rings. The van der Waals surface area contributed by atoms with Crippen LogP contribution >= 0.6 is 23.1 Å². The van der Waals surface area contributed by atoms with Crippen molar-refractivity contribution in [3.05, 3.63) is 5.01 Å². The van der Waals surface area contributed by atoms with Crippen LogP contribution in [0.1, 0.15) is 11.4 Å². The van der Waals surface area contributed by atoms with Crippen molar-refractivity contribution >= 4 is 34.9 Å². The number of rotatable bonds is 2. The number of hydrogen-bond acceptors (Lipinski definition) is 6. The van der Waals surface area contributed by atoms with Crippen LogP contribution in [-0.2, 0) is 9.59 Å². The fraction of sp³-hybridized carbons (Fsp3) is 0.500. The Labute approximate surface area is 94.9 Å². The molecule has 0 bridgehead atoms. The molecular formula is C8H9N3O2S2. The van der Waals surface area contributed by atoms with Gasteiger partial charge in [0.25, 0.3) is 0 Å². The van der Waals surface area contributed by atoms with Crippen molar-refractivity contribution in [3.8, 4) is 0 Å². The highest BCUT2D eigenvalue weighted by atomic mass is 32.2. The van der Waals surface area contributed by atoms with Crippen molar-refractivity contribution in [2.45, 2.75) is 22.9 Å². The average molecular weight is 243 g/mol. The summed E-state index contributed by atoms with van der Waals surface area (Å²) < 4.78 is 0.744. The molecule has 1 atom stereocenters. The molecule has 7 heteroatoms. The standard InChI is InChI=1S/C8H9N3O2S2/c1-4-9-10-8(14-4)15-5-3-6(12)11(2)7(5)13/h5H,3H2,1-2H3. The molecule has 0 aliphatic carbocycles. The van der Waals surface area contributed by atoms with Gasteiger partial charge in [0, 0.05) is 13.5 Å². The van der Waals surface area contributed by atoms with E-state index in [1.807, 2.05) is 6.92 Å². The lowest BCUT2D eigenvalue weighted by atomic mass is 10.4. The molecule has 5 nitrogen and oxygen atoms in total. The van der Waals surface area contributed by atoms with E-state index in [0.29, 0.717) is 0 Å². The van der Waals surface area contributed by atoms with E-state index < -0.39 is 0 Å². The Morgan fingerprint density at radius 3 is 2.67 bits per heavy atom. The van der Waals surface area contributed by atoms with Crippen LogP contribution in [0.3, 0.4) is 0 Å². The lowest BCUT2D eigenvalue weighted by Gasteiger charge is -2.05. The number of nitrogens with zero attached hydrogens (tertiary/aromatic N) is 3. The molecule has 2 heterocycles. The first-order chi connectivity index (χ1) is 7.08. The van der Waals surface area contributed by atoms with Gasteiger partial charge in [0.15, 0.2) is 4.34 Å². The van der Waals surface area contributed by atoms with E-state index in [9.17, 15) is 9.59 Å². The summed E-state index contributed by atoms with van der Waals surface area (Å²) in [5, 5.41) is 8.31. The average Bonchev–Trinajstić information content (AvgIpc) is 2.68. The summed E-state index contributed by atoms with van der Waals surface area (Å²) in [4.78, 5) is 24.0. The van der Waals surface area contributed by atoms with E-state index in [2.05, 4.69) is 10.2 Å². The number of likely N-dealkylation sites (tertiary alicyclic amines) is 1. The second-order valence-electron chi connectivity index (χ2n) is 3.19. The maximum atomic E-state index is 11.6. The van der Waals surface area contributed by atoms with Gasteiger partial charge in [-0.3, -0.25) is 14.5 Å². The highest BCUT2D eigenvalue weighted by molar-refractivity contribution is 8.02. The molecule has 1 aromatic heterocycles. The number of imide groups is 1. The minimum Gasteiger partial charge on any atom is -0.285 e. The van der Waals surface area contributed by atoms with Gasteiger partial charge in [-0.15, -0.1) is 10.2 Å². The third kappa shape index (κ3) is 2.03. The molecule has 0 aromatic carbocycles. The predicted molar refractivity (Wildman–Crippen MR) is 56.7 cm³/mol. The van der Waals surface area contributed by atoms with Crippen molar-refractivity contribution in [3.63, 3.8) is 0 Å². The van der Waals surface area contributed by atoms with Gasteiger partial charge in [-0.2, -0.15) is 0 Å². The quantitative estimate of drug-likeness (QED) is 0.715. The summed E-state index contributed by atoms with van der Waals surface area (Å²) >= 11 is 2.76. The zero-order chi connectivity index (χ0) is 11.0. The van der Waals surface area contributed by atoms with Crippen LogP contribution in [0.4, 0.5) is 0 Å². The van der Waals surface area contributed by atoms with Gasteiger partial charge in [-0.25, -0.2) is 0 Å². The molecule has 2 amide bonds. The van der Waals surface area contributed by atoms with Crippen LogP contribution in [0.25, 0.3) is 0 Å². The summed E-state index contributed by atoms with van der Waals surface area (Å²) in [6, 6.07) is 0. The van der Waals surface area contributed by atoms with Gasteiger partial charge in [0.05, 0.1) is 5.25 Å². The van der Waals surface area contributed by atoms with Gasteiger partial charge < -0.3 is 0 Å². The number of amides is 2. The van der Waals surface area contributed by atoms with E-state index >= 15 is 0 Å². The van der Waals surface area contributed by atoms with E-state index in [1.54, 1.807) is 0 Å². The summed E-state index contributed by atoms with van der Waals surface area (Å²) in [5.41, 5.74) is 0. The van der Waals surface area contributed by atoms with Gasteiger partial charge >= 0.3 is 0 Å². The number of carbonyl (C=O) groups is 2. The molecule has 1 aromatic rings. The Bertz CT molecular complexity index is 418. The Morgan fingerprint density at radius 1 is 1.47 bits per heavy atom.